The molecule has 0 aliphatic heterocycles. The molecule has 0 spiro atoms. The van der Waals surface area contributed by atoms with Gasteiger partial charge >= 0.3 is 0 Å². The van der Waals surface area contributed by atoms with Crippen molar-refractivity contribution in [1.29, 1.82) is 0 Å². The summed E-state index contributed by atoms with van der Waals surface area (Å²) in [5.41, 5.74) is 9.01. The molecule has 0 aliphatic carbocycles. The van der Waals surface area contributed by atoms with Gasteiger partial charge in [-0.1, -0.05) is 30.3 Å². The zero-order valence-corrected chi connectivity index (χ0v) is 19.1. The van der Waals surface area contributed by atoms with E-state index in [1.54, 1.807) is 0 Å². The van der Waals surface area contributed by atoms with Gasteiger partial charge in [-0.15, -0.1) is 0 Å². The van der Waals surface area contributed by atoms with Crippen LogP contribution in [0.5, 0.6) is 17.2 Å². The summed E-state index contributed by atoms with van der Waals surface area (Å²) in [5, 5.41) is 21.0. The van der Waals surface area contributed by atoms with Crippen molar-refractivity contribution >= 4 is 0 Å². The molecule has 0 amide bonds. The van der Waals surface area contributed by atoms with E-state index in [1.807, 2.05) is 52.8 Å². The lowest BCUT2D eigenvalue weighted by atomic mass is 9.78. The minimum atomic E-state index is -0.0799. The number of para-hydroxylation sites is 1. The van der Waals surface area contributed by atoms with Gasteiger partial charge in [0, 0.05) is 11.5 Å². The molecule has 3 heteroatoms. The third-order valence-corrected chi connectivity index (χ3v) is 6.34. The first-order chi connectivity index (χ1) is 14.2. The van der Waals surface area contributed by atoms with E-state index in [-0.39, 0.29) is 5.92 Å². The molecule has 0 heterocycles. The summed E-state index contributed by atoms with van der Waals surface area (Å²) in [6, 6.07) is 12.3. The van der Waals surface area contributed by atoms with Gasteiger partial charge < -0.3 is 14.9 Å². The van der Waals surface area contributed by atoms with Crippen LogP contribution < -0.4 is 4.74 Å². The monoisotopic (exact) mass is 404 g/mol. The van der Waals surface area contributed by atoms with Crippen molar-refractivity contribution in [2.24, 2.45) is 0 Å². The van der Waals surface area contributed by atoms with Crippen LogP contribution in [0.2, 0.25) is 0 Å². The number of benzene rings is 3. The summed E-state index contributed by atoms with van der Waals surface area (Å²) in [4.78, 5) is 0. The standard InChI is InChI=1S/C27H32O3/c1-8-30-24-12-10-9-11-21(24)25(22-13-15(2)26(28)19(6)17(22)4)23-14-16(3)27(29)20(7)18(23)5/h9-14,25,28-29H,8H2,1-7H3. The molecule has 158 valence electrons. The highest BCUT2D eigenvalue weighted by Gasteiger charge is 2.27. The second kappa shape index (κ2) is 8.43. The highest BCUT2D eigenvalue weighted by Crippen LogP contribution is 2.44. The van der Waals surface area contributed by atoms with Gasteiger partial charge in [0.25, 0.3) is 0 Å². The van der Waals surface area contributed by atoms with Gasteiger partial charge in [0.2, 0.25) is 0 Å². The fraction of sp³-hybridized carbons (Fsp3) is 0.333. The zero-order chi connectivity index (χ0) is 22.2. The number of ether oxygens (including phenoxy) is 1. The highest BCUT2D eigenvalue weighted by atomic mass is 16.5. The van der Waals surface area contributed by atoms with Crippen molar-refractivity contribution in [3.05, 3.63) is 86.5 Å². The fourth-order valence-corrected chi connectivity index (χ4v) is 4.31. The average molecular weight is 405 g/mol. The number of aryl methyl sites for hydroxylation is 2. The predicted octanol–water partition coefficient (Wildman–Crippen LogP) is 6.53. The molecule has 3 nitrogen and oxygen atoms in total. The molecular weight excluding hydrogens is 372 g/mol. The summed E-state index contributed by atoms with van der Waals surface area (Å²) in [5.74, 6) is 1.48. The van der Waals surface area contributed by atoms with Gasteiger partial charge in [0.05, 0.1) is 6.61 Å². The van der Waals surface area contributed by atoms with Crippen LogP contribution in [0.4, 0.5) is 0 Å². The number of hydrogen-bond donors (Lipinski definition) is 2. The van der Waals surface area contributed by atoms with E-state index in [4.69, 9.17) is 4.74 Å². The Kier molecular flexibility index (Phi) is 6.12. The van der Waals surface area contributed by atoms with E-state index in [1.165, 1.54) is 0 Å². The second-order valence-corrected chi connectivity index (χ2v) is 8.17. The molecule has 3 aromatic rings. The Morgan fingerprint density at radius 3 is 1.63 bits per heavy atom. The van der Waals surface area contributed by atoms with Crippen LogP contribution in [-0.4, -0.2) is 16.8 Å². The van der Waals surface area contributed by atoms with E-state index in [2.05, 4.69) is 32.0 Å². The largest absolute Gasteiger partial charge is 0.507 e. The number of rotatable bonds is 5. The third-order valence-electron chi connectivity index (χ3n) is 6.34. The Bertz CT molecular complexity index is 1030. The van der Waals surface area contributed by atoms with Gasteiger partial charge in [-0.3, -0.25) is 0 Å². The summed E-state index contributed by atoms with van der Waals surface area (Å²) >= 11 is 0. The molecule has 0 aliphatic rings. The predicted molar refractivity (Wildman–Crippen MR) is 123 cm³/mol. The summed E-state index contributed by atoms with van der Waals surface area (Å²) in [6.45, 7) is 14.5. The van der Waals surface area contributed by atoms with Crippen molar-refractivity contribution in [3.63, 3.8) is 0 Å². The molecule has 30 heavy (non-hydrogen) atoms. The van der Waals surface area contributed by atoms with Crippen molar-refractivity contribution in [2.45, 2.75) is 54.4 Å². The minimum absolute atomic E-state index is 0.0799. The SMILES string of the molecule is CCOc1ccccc1C(c1cc(C)c(O)c(C)c1C)c1cc(C)c(O)c(C)c1C. The van der Waals surface area contributed by atoms with Crippen LogP contribution in [0, 0.1) is 41.5 Å². The Labute approximate surface area is 180 Å². The Morgan fingerprint density at radius 1 is 0.700 bits per heavy atom. The van der Waals surface area contributed by atoms with Crippen molar-refractivity contribution in [1.82, 2.24) is 0 Å². The summed E-state index contributed by atoms with van der Waals surface area (Å²) < 4.78 is 6.01. The molecule has 0 aromatic heterocycles. The Morgan fingerprint density at radius 2 is 1.17 bits per heavy atom. The third kappa shape index (κ3) is 3.65. The molecule has 0 bridgehead atoms. The van der Waals surface area contributed by atoms with Crippen LogP contribution in [-0.2, 0) is 0 Å². The van der Waals surface area contributed by atoms with E-state index < -0.39 is 0 Å². The van der Waals surface area contributed by atoms with Crippen LogP contribution in [0.3, 0.4) is 0 Å². The topological polar surface area (TPSA) is 49.7 Å². The highest BCUT2D eigenvalue weighted by molar-refractivity contribution is 5.60. The first-order valence-corrected chi connectivity index (χ1v) is 10.5. The van der Waals surface area contributed by atoms with Crippen LogP contribution in [0.1, 0.15) is 62.9 Å². The molecular formula is C27H32O3. The molecule has 2 N–H and O–H groups in total. The van der Waals surface area contributed by atoms with E-state index in [0.29, 0.717) is 18.1 Å². The normalized spacial score (nSPS) is 11.2. The smallest absolute Gasteiger partial charge is 0.123 e. The van der Waals surface area contributed by atoms with Gasteiger partial charge in [0.15, 0.2) is 0 Å². The number of aromatic hydroxyl groups is 2. The average Bonchev–Trinajstić information content (AvgIpc) is 2.73. The number of hydrogen-bond acceptors (Lipinski definition) is 3. The molecule has 0 unspecified atom stereocenters. The van der Waals surface area contributed by atoms with Crippen LogP contribution in [0.15, 0.2) is 36.4 Å². The quantitative estimate of drug-likeness (QED) is 0.476. The first kappa shape index (κ1) is 21.8. The van der Waals surface area contributed by atoms with Crippen LogP contribution >= 0.6 is 0 Å². The maximum atomic E-state index is 10.5. The van der Waals surface area contributed by atoms with Gasteiger partial charge in [0.1, 0.15) is 17.2 Å². The van der Waals surface area contributed by atoms with E-state index in [0.717, 1.165) is 55.8 Å². The zero-order valence-electron chi connectivity index (χ0n) is 19.1. The number of phenols is 2. The molecule has 3 rings (SSSR count). The maximum Gasteiger partial charge on any atom is 0.123 e. The van der Waals surface area contributed by atoms with Crippen molar-refractivity contribution in [2.75, 3.05) is 6.61 Å². The van der Waals surface area contributed by atoms with Gasteiger partial charge in [-0.2, -0.15) is 0 Å². The minimum Gasteiger partial charge on any atom is -0.507 e. The Hall–Kier alpha value is -2.94. The molecule has 0 saturated heterocycles. The molecule has 0 fully saturated rings. The second-order valence-electron chi connectivity index (χ2n) is 8.17. The van der Waals surface area contributed by atoms with E-state index >= 15 is 0 Å². The van der Waals surface area contributed by atoms with Crippen molar-refractivity contribution < 1.29 is 14.9 Å². The summed E-state index contributed by atoms with van der Waals surface area (Å²) in [7, 11) is 0. The van der Waals surface area contributed by atoms with E-state index in [9.17, 15) is 10.2 Å². The molecule has 0 atom stereocenters. The number of phenolic OH excluding ortho intramolecular Hbond substituents is 2. The lowest BCUT2D eigenvalue weighted by Gasteiger charge is -2.27. The Balaban J connectivity index is 2.42. The van der Waals surface area contributed by atoms with Crippen LogP contribution in [0.25, 0.3) is 0 Å². The summed E-state index contributed by atoms with van der Waals surface area (Å²) in [6.07, 6.45) is 0. The maximum absolute atomic E-state index is 10.5. The van der Waals surface area contributed by atoms with Crippen molar-refractivity contribution in [3.8, 4) is 17.2 Å². The fourth-order valence-electron chi connectivity index (χ4n) is 4.31. The molecule has 0 radical (unpaired) electrons. The first-order valence-electron chi connectivity index (χ1n) is 10.5. The molecule has 0 saturated carbocycles. The van der Waals surface area contributed by atoms with Gasteiger partial charge in [-0.05, 0) is 99.0 Å². The van der Waals surface area contributed by atoms with Gasteiger partial charge in [-0.25, -0.2) is 0 Å². The lowest BCUT2D eigenvalue weighted by molar-refractivity contribution is 0.336. The molecule has 3 aromatic carbocycles. The lowest BCUT2D eigenvalue weighted by Crippen LogP contribution is -2.12.